The summed E-state index contributed by atoms with van der Waals surface area (Å²) in [5, 5.41) is 2.74. The maximum absolute atomic E-state index is 12.0. The molecule has 0 aliphatic heterocycles. The zero-order valence-corrected chi connectivity index (χ0v) is 11.2. The van der Waals surface area contributed by atoms with Crippen molar-refractivity contribution >= 4 is 5.91 Å². The highest BCUT2D eigenvalue weighted by atomic mass is 16.5. The largest absolute Gasteiger partial charge is 0.370 e. The molecular weight excluding hydrogens is 244 g/mol. The van der Waals surface area contributed by atoms with Crippen LogP contribution < -0.4 is 10.9 Å². The molecule has 1 N–H and O–H groups in total. The van der Waals surface area contributed by atoms with E-state index in [1.54, 1.807) is 14.0 Å². The molecule has 0 fully saturated rings. The molecule has 19 heavy (non-hydrogen) atoms. The van der Waals surface area contributed by atoms with Gasteiger partial charge in [-0.15, -0.1) is 0 Å². The Morgan fingerprint density at radius 2 is 2.00 bits per heavy atom. The number of amides is 1. The van der Waals surface area contributed by atoms with Crippen molar-refractivity contribution in [3.63, 3.8) is 0 Å². The molecule has 5 nitrogen and oxygen atoms in total. The number of rotatable bonds is 3. The van der Waals surface area contributed by atoms with Crippen LogP contribution in [0.5, 0.6) is 0 Å². The number of hydrogen-bond acceptors (Lipinski definition) is 3. The summed E-state index contributed by atoms with van der Waals surface area (Å²) in [4.78, 5) is 23.5. The molecule has 2 rings (SSSR count). The van der Waals surface area contributed by atoms with Crippen LogP contribution in [-0.2, 0) is 13.6 Å². The van der Waals surface area contributed by atoms with Gasteiger partial charge in [0.1, 0.15) is 5.56 Å². The molecule has 0 unspecified atom stereocenters. The number of carbonyl (C=O) groups is 1. The first-order valence-corrected chi connectivity index (χ1v) is 6.00. The summed E-state index contributed by atoms with van der Waals surface area (Å²) < 4.78 is 6.14. The standard InChI is InChI=1S/C14H16N2O3/c1-9-6-4-5-7-11(9)8-15-13(17)12-10(2)16(3)19-14(12)18/h4-7H,8H2,1-3H3,(H,15,17). The van der Waals surface area contributed by atoms with Crippen LogP contribution in [0.3, 0.4) is 0 Å². The van der Waals surface area contributed by atoms with E-state index in [2.05, 4.69) is 5.32 Å². The maximum atomic E-state index is 12.0. The van der Waals surface area contributed by atoms with Crippen LogP contribution >= 0.6 is 0 Å². The average Bonchev–Trinajstić information content (AvgIpc) is 2.62. The highest BCUT2D eigenvalue weighted by Gasteiger charge is 2.19. The van der Waals surface area contributed by atoms with E-state index in [0.717, 1.165) is 11.1 Å². The molecule has 0 radical (unpaired) electrons. The Morgan fingerprint density at radius 1 is 1.32 bits per heavy atom. The number of nitrogens with one attached hydrogen (secondary N) is 1. The molecule has 5 heteroatoms. The fourth-order valence-electron chi connectivity index (χ4n) is 1.87. The van der Waals surface area contributed by atoms with Gasteiger partial charge in [0.05, 0.1) is 5.69 Å². The summed E-state index contributed by atoms with van der Waals surface area (Å²) in [6.45, 7) is 4.04. The summed E-state index contributed by atoms with van der Waals surface area (Å²) >= 11 is 0. The van der Waals surface area contributed by atoms with Crippen molar-refractivity contribution in [2.45, 2.75) is 20.4 Å². The fourth-order valence-corrected chi connectivity index (χ4v) is 1.87. The third-order valence-corrected chi connectivity index (χ3v) is 3.19. The predicted molar refractivity (Wildman–Crippen MR) is 71.0 cm³/mol. The van der Waals surface area contributed by atoms with Crippen molar-refractivity contribution in [1.82, 2.24) is 10.1 Å². The minimum atomic E-state index is -0.609. The van der Waals surface area contributed by atoms with E-state index < -0.39 is 11.5 Å². The van der Waals surface area contributed by atoms with E-state index in [-0.39, 0.29) is 5.56 Å². The first-order chi connectivity index (χ1) is 9.00. The van der Waals surface area contributed by atoms with Crippen LogP contribution in [0.2, 0.25) is 0 Å². The summed E-state index contributed by atoms with van der Waals surface area (Å²) in [5.74, 6) is -0.407. The van der Waals surface area contributed by atoms with Crippen molar-refractivity contribution < 1.29 is 9.32 Å². The molecule has 2 aromatic rings. The topological polar surface area (TPSA) is 64.2 Å². The highest BCUT2D eigenvalue weighted by Crippen LogP contribution is 2.07. The molecule has 1 amide bonds. The van der Waals surface area contributed by atoms with Crippen LogP contribution in [0.15, 0.2) is 33.6 Å². The van der Waals surface area contributed by atoms with E-state index >= 15 is 0 Å². The molecule has 0 saturated heterocycles. The normalized spacial score (nSPS) is 10.5. The Balaban J connectivity index is 2.15. The molecule has 0 atom stereocenters. The van der Waals surface area contributed by atoms with E-state index in [4.69, 9.17) is 4.52 Å². The molecule has 0 saturated carbocycles. The molecule has 1 heterocycles. The first kappa shape index (κ1) is 13.1. The second-order valence-electron chi connectivity index (χ2n) is 4.45. The molecule has 0 bridgehead atoms. The Hall–Kier alpha value is -2.30. The summed E-state index contributed by atoms with van der Waals surface area (Å²) in [5.41, 5.74) is 2.10. The zero-order chi connectivity index (χ0) is 14.0. The van der Waals surface area contributed by atoms with Crippen molar-refractivity contribution in [1.29, 1.82) is 0 Å². The quantitative estimate of drug-likeness (QED) is 0.910. The van der Waals surface area contributed by atoms with E-state index in [1.165, 1.54) is 4.74 Å². The molecule has 0 aliphatic rings. The summed E-state index contributed by atoms with van der Waals surface area (Å²) in [6, 6.07) is 7.77. The monoisotopic (exact) mass is 260 g/mol. The zero-order valence-electron chi connectivity index (χ0n) is 11.2. The number of benzene rings is 1. The van der Waals surface area contributed by atoms with Crippen LogP contribution in [-0.4, -0.2) is 10.6 Å². The van der Waals surface area contributed by atoms with Gasteiger partial charge in [0.25, 0.3) is 5.91 Å². The molecular formula is C14H16N2O3. The van der Waals surface area contributed by atoms with Crippen molar-refractivity contribution in [2.24, 2.45) is 7.05 Å². The molecule has 0 aliphatic carbocycles. The lowest BCUT2D eigenvalue weighted by Gasteiger charge is -2.06. The van der Waals surface area contributed by atoms with Gasteiger partial charge in [-0.1, -0.05) is 24.3 Å². The molecule has 100 valence electrons. The lowest BCUT2D eigenvalue weighted by atomic mass is 10.1. The van der Waals surface area contributed by atoms with Gasteiger partial charge in [0.2, 0.25) is 0 Å². The average molecular weight is 260 g/mol. The van der Waals surface area contributed by atoms with Gasteiger partial charge >= 0.3 is 5.63 Å². The SMILES string of the molecule is Cc1ccccc1CNC(=O)c1c(C)n(C)oc1=O. The van der Waals surface area contributed by atoms with Gasteiger partial charge in [-0.25, -0.2) is 9.53 Å². The minimum absolute atomic E-state index is 0.0658. The lowest BCUT2D eigenvalue weighted by Crippen LogP contribution is -2.27. The van der Waals surface area contributed by atoms with E-state index in [9.17, 15) is 9.59 Å². The first-order valence-electron chi connectivity index (χ1n) is 6.00. The smallest absolute Gasteiger partial charge is 0.348 e. The maximum Gasteiger partial charge on any atom is 0.370 e. The van der Waals surface area contributed by atoms with Crippen LogP contribution in [0.1, 0.15) is 27.2 Å². The Morgan fingerprint density at radius 3 is 2.58 bits per heavy atom. The van der Waals surface area contributed by atoms with Crippen LogP contribution in [0.4, 0.5) is 0 Å². The predicted octanol–water partition coefficient (Wildman–Crippen LogP) is 1.53. The van der Waals surface area contributed by atoms with Crippen LogP contribution in [0, 0.1) is 13.8 Å². The van der Waals surface area contributed by atoms with Crippen molar-refractivity contribution in [3.8, 4) is 0 Å². The second kappa shape index (κ2) is 5.14. The lowest BCUT2D eigenvalue weighted by molar-refractivity contribution is 0.0948. The number of carbonyl (C=O) groups excluding carboxylic acids is 1. The third kappa shape index (κ3) is 2.59. The van der Waals surface area contributed by atoms with E-state index in [0.29, 0.717) is 12.2 Å². The minimum Gasteiger partial charge on any atom is -0.348 e. The van der Waals surface area contributed by atoms with Crippen molar-refractivity contribution in [3.05, 3.63) is 57.1 Å². The summed E-state index contributed by atoms with van der Waals surface area (Å²) in [6.07, 6.45) is 0. The van der Waals surface area contributed by atoms with Gasteiger partial charge in [-0.2, -0.15) is 0 Å². The van der Waals surface area contributed by atoms with Gasteiger partial charge in [-0.05, 0) is 25.0 Å². The van der Waals surface area contributed by atoms with Crippen molar-refractivity contribution in [2.75, 3.05) is 0 Å². The van der Waals surface area contributed by atoms with Gasteiger partial charge in [-0.3, -0.25) is 4.79 Å². The number of nitrogens with zero attached hydrogens (tertiary/aromatic N) is 1. The number of hydrogen-bond donors (Lipinski definition) is 1. The molecule has 0 spiro atoms. The Bertz CT molecular complexity index is 668. The van der Waals surface area contributed by atoms with Gasteiger partial charge < -0.3 is 9.84 Å². The third-order valence-electron chi connectivity index (χ3n) is 3.19. The molecule has 1 aromatic heterocycles. The summed E-state index contributed by atoms with van der Waals surface area (Å²) in [7, 11) is 1.59. The highest BCUT2D eigenvalue weighted by molar-refractivity contribution is 5.94. The van der Waals surface area contributed by atoms with E-state index in [1.807, 2.05) is 31.2 Å². The molecule has 1 aromatic carbocycles. The Labute approximate surface area is 110 Å². The second-order valence-corrected chi connectivity index (χ2v) is 4.45. The van der Waals surface area contributed by atoms with Gasteiger partial charge in [0, 0.05) is 13.6 Å². The number of aromatic nitrogens is 1. The van der Waals surface area contributed by atoms with Crippen LogP contribution in [0.25, 0.3) is 0 Å². The fraction of sp³-hybridized carbons (Fsp3) is 0.286. The number of aryl methyl sites for hydroxylation is 2. The Kier molecular flexibility index (Phi) is 3.55. The van der Waals surface area contributed by atoms with Gasteiger partial charge in [0.15, 0.2) is 0 Å².